The SMILES string of the molecule is CCC[C@]1(C(=O)N2CCC3(S(=O)(=O)c4cccc(F)c4)c4ccc(C(F)(C(F)(F)F)C(F)(F)F)cc4CCC23)CC[C@@H](C(=O)CO)[C@@H](C)C1. The third kappa shape index (κ3) is 5.66. The van der Waals surface area contributed by atoms with Crippen LogP contribution >= 0.6 is 0 Å². The number of halogens is 8. The summed E-state index contributed by atoms with van der Waals surface area (Å²) in [6, 6.07) is 4.34. The van der Waals surface area contributed by atoms with Crippen LogP contribution in [-0.2, 0) is 36.3 Å². The molecule has 1 amide bonds. The summed E-state index contributed by atoms with van der Waals surface area (Å²) in [5, 5.41) is 9.45. The van der Waals surface area contributed by atoms with E-state index in [-0.39, 0.29) is 73.5 Å². The van der Waals surface area contributed by atoms with E-state index in [2.05, 4.69) is 0 Å². The van der Waals surface area contributed by atoms with E-state index in [0.717, 1.165) is 30.3 Å². The van der Waals surface area contributed by atoms with Crippen molar-refractivity contribution in [1.29, 1.82) is 0 Å². The van der Waals surface area contributed by atoms with Crippen LogP contribution in [0.25, 0.3) is 0 Å². The van der Waals surface area contributed by atoms with E-state index < -0.39 is 72.9 Å². The summed E-state index contributed by atoms with van der Waals surface area (Å²) in [5.74, 6) is -2.40. The average molecular weight is 724 g/mol. The lowest BCUT2D eigenvalue weighted by atomic mass is 9.62. The number of carbonyl (C=O) groups excluding carboxylic acids is 2. The van der Waals surface area contributed by atoms with Gasteiger partial charge in [-0.15, -0.1) is 0 Å². The van der Waals surface area contributed by atoms with E-state index in [4.69, 9.17) is 0 Å². The van der Waals surface area contributed by atoms with Crippen molar-refractivity contribution < 1.29 is 58.2 Å². The van der Waals surface area contributed by atoms with Gasteiger partial charge in [0.2, 0.25) is 5.91 Å². The Labute approximate surface area is 278 Å². The number of likely N-dealkylation sites (tertiary alicyclic amines) is 1. The number of amides is 1. The van der Waals surface area contributed by atoms with Gasteiger partial charge in [-0.25, -0.2) is 17.2 Å². The van der Waals surface area contributed by atoms with Gasteiger partial charge in [0.1, 0.15) is 17.2 Å². The third-order valence-electron chi connectivity index (χ3n) is 11.0. The number of hydrogen-bond donors (Lipinski definition) is 1. The second-order valence-electron chi connectivity index (χ2n) is 13.7. The number of ketones is 1. The predicted molar refractivity (Wildman–Crippen MR) is 161 cm³/mol. The van der Waals surface area contributed by atoms with Gasteiger partial charge in [0.05, 0.1) is 10.9 Å². The van der Waals surface area contributed by atoms with Gasteiger partial charge in [-0.05, 0) is 80.2 Å². The van der Waals surface area contributed by atoms with Crippen LogP contribution in [0.1, 0.15) is 75.5 Å². The fraction of sp³-hybridized carbons (Fsp3) is 0.588. The number of hydrogen-bond acceptors (Lipinski definition) is 5. The van der Waals surface area contributed by atoms with Crippen molar-refractivity contribution in [2.75, 3.05) is 13.2 Å². The number of nitrogens with zero attached hydrogens (tertiary/aromatic N) is 1. The average Bonchev–Trinajstić information content (AvgIpc) is 3.44. The number of sulfone groups is 1. The molecule has 2 aromatic carbocycles. The first-order chi connectivity index (χ1) is 22.7. The molecule has 270 valence electrons. The number of rotatable bonds is 8. The first kappa shape index (κ1) is 37.2. The van der Waals surface area contributed by atoms with Crippen molar-refractivity contribution in [1.82, 2.24) is 4.90 Å². The Morgan fingerprint density at radius 1 is 0.980 bits per heavy atom. The van der Waals surface area contributed by atoms with E-state index in [0.29, 0.717) is 25.3 Å². The summed E-state index contributed by atoms with van der Waals surface area (Å²) >= 11 is 0. The highest BCUT2D eigenvalue weighted by Crippen LogP contribution is 2.58. The van der Waals surface area contributed by atoms with Crippen LogP contribution in [0.4, 0.5) is 35.1 Å². The van der Waals surface area contributed by atoms with Crippen LogP contribution in [0, 0.1) is 23.1 Å². The highest BCUT2D eigenvalue weighted by atomic mass is 32.2. The monoisotopic (exact) mass is 723 g/mol. The molecule has 0 bridgehead atoms. The molecule has 2 aromatic rings. The predicted octanol–water partition coefficient (Wildman–Crippen LogP) is 7.12. The van der Waals surface area contributed by atoms with Gasteiger partial charge in [0, 0.05) is 23.4 Å². The van der Waals surface area contributed by atoms with Gasteiger partial charge in [-0.1, -0.05) is 44.5 Å². The Morgan fingerprint density at radius 2 is 1.65 bits per heavy atom. The lowest BCUT2D eigenvalue weighted by Crippen LogP contribution is -2.56. The summed E-state index contributed by atoms with van der Waals surface area (Å²) in [6.45, 7) is 2.89. The Morgan fingerprint density at radius 3 is 2.22 bits per heavy atom. The lowest BCUT2D eigenvalue weighted by molar-refractivity contribution is -0.348. The van der Waals surface area contributed by atoms with Crippen LogP contribution in [0.15, 0.2) is 47.4 Å². The molecule has 49 heavy (non-hydrogen) atoms. The molecule has 1 N–H and O–H groups in total. The van der Waals surface area contributed by atoms with Crippen molar-refractivity contribution in [2.24, 2.45) is 17.3 Å². The Balaban J connectivity index is 1.66. The number of benzene rings is 2. The standard InChI is InChI=1S/C34H37F8NO5S/c1-3-12-30(13-11-25(20(2)18-30)27(45)19-44)29(46)43-15-14-31(49(47,48)24-6-4-5-23(35)17-24)26-9-8-22(16-21(26)7-10-28(31)43)32(36,33(37,38)39)34(40,41)42/h4-6,8-9,16-17,20,25,28,44H,3,7,10-15,18-19H2,1-2H3/t20-,25+,28?,30-,31?/m0/s1. The summed E-state index contributed by atoms with van der Waals surface area (Å²) in [4.78, 5) is 28.0. The summed E-state index contributed by atoms with van der Waals surface area (Å²) in [7, 11) is -4.71. The highest BCUT2D eigenvalue weighted by molar-refractivity contribution is 7.92. The zero-order valence-electron chi connectivity index (χ0n) is 26.8. The molecule has 15 heteroatoms. The molecule has 2 unspecified atom stereocenters. The molecule has 2 fully saturated rings. The number of carbonyl (C=O) groups is 2. The zero-order valence-corrected chi connectivity index (χ0v) is 27.6. The van der Waals surface area contributed by atoms with Crippen LogP contribution in [0.2, 0.25) is 0 Å². The van der Waals surface area contributed by atoms with Gasteiger partial charge in [-0.3, -0.25) is 9.59 Å². The number of aryl methyl sites for hydroxylation is 1. The van der Waals surface area contributed by atoms with Gasteiger partial charge in [0.15, 0.2) is 15.6 Å². The summed E-state index contributed by atoms with van der Waals surface area (Å²) in [5.41, 5.74) is -8.92. The smallest absolute Gasteiger partial charge is 0.389 e. The minimum Gasteiger partial charge on any atom is -0.389 e. The molecule has 1 saturated heterocycles. The zero-order chi connectivity index (χ0) is 36.4. The quantitative estimate of drug-likeness (QED) is 0.293. The number of fused-ring (bicyclic) bond motifs is 3. The van der Waals surface area contributed by atoms with Crippen LogP contribution in [0.3, 0.4) is 0 Å². The van der Waals surface area contributed by atoms with Gasteiger partial charge in [-0.2, -0.15) is 26.3 Å². The molecule has 2 aliphatic carbocycles. The minimum atomic E-state index is -6.38. The molecule has 3 aliphatic rings. The van der Waals surface area contributed by atoms with E-state index in [1.165, 1.54) is 4.90 Å². The van der Waals surface area contributed by atoms with E-state index in [1.807, 2.05) is 6.92 Å². The van der Waals surface area contributed by atoms with E-state index in [9.17, 15) is 53.8 Å². The molecule has 5 atom stereocenters. The molecule has 1 aliphatic heterocycles. The first-order valence-corrected chi connectivity index (χ1v) is 17.6. The van der Waals surface area contributed by atoms with Crippen LogP contribution in [0.5, 0.6) is 0 Å². The normalized spacial score (nSPS) is 27.8. The molecule has 0 spiro atoms. The molecule has 5 rings (SSSR count). The second kappa shape index (κ2) is 12.6. The Kier molecular flexibility index (Phi) is 9.57. The molecular weight excluding hydrogens is 686 g/mol. The van der Waals surface area contributed by atoms with Crippen molar-refractivity contribution in [3.8, 4) is 0 Å². The molecule has 1 heterocycles. The topological polar surface area (TPSA) is 91.8 Å². The number of aliphatic hydroxyl groups is 1. The summed E-state index contributed by atoms with van der Waals surface area (Å²) in [6.07, 6.45) is -11.7. The fourth-order valence-electron chi connectivity index (χ4n) is 8.80. The maximum absolute atomic E-state index is 15.1. The van der Waals surface area contributed by atoms with Gasteiger partial charge in [0.25, 0.3) is 0 Å². The number of aliphatic hydroxyl groups excluding tert-OH is 1. The highest BCUT2D eigenvalue weighted by Gasteiger charge is 2.74. The van der Waals surface area contributed by atoms with E-state index >= 15 is 4.39 Å². The van der Waals surface area contributed by atoms with Crippen LogP contribution < -0.4 is 0 Å². The Hall–Kier alpha value is -3.07. The van der Waals surface area contributed by atoms with E-state index in [1.54, 1.807) is 6.92 Å². The van der Waals surface area contributed by atoms with Crippen molar-refractivity contribution >= 4 is 21.5 Å². The summed E-state index contributed by atoms with van der Waals surface area (Å²) < 4.78 is 139. The van der Waals surface area contributed by atoms with Gasteiger partial charge < -0.3 is 10.0 Å². The minimum absolute atomic E-state index is 0.143. The number of alkyl halides is 7. The fourth-order valence-corrected chi connectivity index (χ4v) is 11.2. The molecule has 6 nitrogen and oxygen atoms in total. The third-order valence-corrected chi connectivity index (χ3v) is 13.5. The molecule has 0 radical (unpaired) electrons. The molecule has 0 aromatic heterocycles. The maximum Gasteiger partial charge on any atom is 0.435 e. The maximum atomic E-state index is 15.1. The number of Topliss-reactive ketones (excluding diaryl/α,β-unsaturated/α-hetero) is 1. The van der Waals surface area contributed by atoms with Crippen molar-refractivity contribution in [2.45, 2.75) is 98.9 Å². The van der Waals surface area contributed by atoms with Crippen LogP contribution in [-0.4, -0.2) is 61.7 Å². The largest absolute Gasteiger partial charge is 0.435 e. The first-order valence-electron chi connectivity index (χ1n) is 16.1. The van der Waals surface area contributed by atoms with Crippen molar-refractivity contribution in [3.05, 3.63) is 65.0 Å². The van der Waals surface area contributed by atoms with Gasteiger partial charge >= 0.3 is 18.0 Å². The molecular formula is C34H37F8NO5S. The Bertz CT molecular complexity index is 1710. The van der Waals surface area contributed by atoms with Crippen molar-refractivity contribution in [3.63, 3.8) is 0 Å². The second-order valence-corrected chi connectivity index (χ2v) is 15.9. The molecule has 1 saturated carbocycles. The lowest BCUT2D eigenvalue weighted by Gasteiger charge is -2.47.